The fraction of sp³-hybridized carbons (Fsp3) is 0.471. The summed E-state index contributed by atoms with van der Waals surface area (Å²) in [5.74, 6) is 0. The number of sulfonamides is 1. The Morgan fingerprint density at radius 1 is 1.20 bits per heavy atom. The molecule has 0 saturated heterocycles. The Labute approximate surface area is 148 Å². The predicted octanol–water partition coefficient (Wildman–Crippen LogP) is 2.34. The molecule has 1 N–H and O–H groups in total. The van der Waals surface area contributed by atoms with Crippen molar-refractivity contribution < 1.29 is 27.4 Å². The van der Waals surface area contributed by atoms with E-state index in [1.807, 2.05) is 30.3 Å². The zero-order valence-electron chi connectivity index (χ0n) is 14.5. The molecule has 0 aromatic heterocycles. The van der Waals surface area contributed by atoms with Crippen LogP contribution in [-0.4, -0.2) is 38.9 Å². The molecular weight excluding hydrogens is 346 g/mol. The summed E-state index contributed by atoms with van der Waals surface area (Å²) in [5, 5.41) is 0.968. The molecule has 0 bridgehead atoms. The standard InChI is InChI=1S/C17H23NO6S/c1-17(2,3)24-16(19)23-15-9-10-25(20,21)18-14(15)12-22-11-13-7-5-4-6-8-13/h4-10,14-15,18H,11-12H2,1-3H3/t14-,15+/m0/s1. The highest BCUT2D eigenvalue weighted by Crippen LogP contribution is 2.16. The maximum atomic E-state index is 11.8. The van der Waals surface area contributed by atoms with Gasteiger partial charge in [0.2, 0.25) is 10.0 Å². The van der Waals surface area contributed by atoms with E-state index in [2.05, 4.69) is 4.72 Å². The van der Waals surface area contributed by atoms with E-state index in [0.29, 0.717) is 6.61 Å². The first kappa shape index (κ1) is 19.4. The first-order chi connectivity index (χ1) is 11.6. The van der Waals surface area contributed by atoms with E-state index < -0.39 is 33.9 Å². The van der Waals surface area contributed by atoms with Crippen LogP contribution in [0.15, 0.2) is 41.8 Å². The van der Waals surface area contributed by atoms with Crippen molar-refractivity contribution in [1.29, 1.82) is 0 Å². The number of ether oxygens (including phenoxy) is 3. The van der Waals surface area contributed by atoms with Gasteiger partial charge < -0.3 is 14.2 Å². The van der Waals surface area contributed by atoms with Gasteiger partial charge in [-0.25, -0.2) is 17.9 Å². The van der Waals surface area contributed by atoms with Gasteiger partial charge in [-0.15, -0.1) is 0 Å². The summed E-state index contributed by atoms with van der Waals surface area (Å²) in [6.45, 7) is 5.52. The topological polar surface area (TPSA) is 90.9 Å². The lowest BCUT2D eigenvalue weighted by molar-refractivity contribution is -0.0306. The summed E-state index contributed by atoms with van der Waals surface area (Å²) in [6.07, 6.45) is -0.364. The highest BCUT2D eigenvalue weighted by atomic mass is 32.2. The molecule has 0 aliphatic carbocycles. The molecule has 1 aliphatic rings. The number of hydrogen-bond donors (Lipinski definition) is 1. The molecule has 2 atom stereocenters. The second-order valence-electron chi connectivity index (χ2n) is 6.65. The fourth-order valence-corrected chi connectivity index (χ4v) is 3.21. The van der Waals surface area contributed by atoms with Gasteiger partial charge in [-0.05, 0) is 32.4 Å². The Hall–Kier alpha value is -1.90. The first-order valence-corrected chi connectivity index (χ1v) is 9.41. The highest BCUT2D eigenvalue weighted by molar-refractivity contribution is 7.92. The van der Waals surface area contributed by atoms with Crippen LogP contribution in [-0.2, 0) is 30.8 Å². The van der Waals surface area contributed by atoms with E-state index in [9.17, 15) is 13.2 Å². The van der Waals surface area contributed by atoms with Gasteiger partial charge in [0.25, 0.3) is 0 Å². The summed E-state index contributed by atoms with van der Waals surface area (Å²) < 4.78 is 41.8. The largest absolute Gasteiger partial charge is 0.509 e. The molecule has 7 nitrogen and oxygen atoms in total. The summed E-state index contributed by atoms with van der Waals surface area (Å²) in [6, 6.07) is 8.75. The predicted molar refractivity (Wildman–Crippen MR) is 92.2 cm³/mol. The number of hydrogen-bond acceptors (Lipinski definition) is 6. The molecule has 2 rings (SSSR count). The molecule has 1 heterocycles. The minimum Gasteiger partial charge on any atom is -0.429 e. The zero-order chi connectivity index (χ0) is 18.5. The SMILES string of the molecule is CC(C)(C)OC(=O)O[C@@H]1C=CS(=O)(=O)N[C@H]1COCc1ccccc1. The molecule has 1 aliphatic heterocycles. The van der Waals surface area contributed by atoms with E-state index in [0.717, 1.165) is 11.0 Å². The molecule has 0 fully saturated rings. The Balaban J connectivity index is 1.96. The van der Waals surface area contributed by atoms with Crippen LogP contribution >= 0.6 is 0 Å². The van der Waals surface area contributed by atoms with E-state index in [1.165, 1.54) is 6.08 Å². The second-order valence-corrected chi connectivity index (χ2v) is 8.24. The number of carbonyl (C=O) groups is 1. The maximum Gasteiger partial charge on any atom is 0.509 e. The molecule has 25 heavy (non-hydrogen) atoms. The van der Waals surface area contributed by atoms with Gasteiger partial charge in [-0.2, -0.15) is 0 Å². The zero-order valence-corrected chi connectivity index (χ0v) is 15.3. The summed E-state index contributed by atoms with van der Waals surface area (Å²) in [5.41, 5.74) is 0.259. The minimum absolute atomic E-state index is 0.0475. The molecule has 0 unspecified atom stereocenters. The van der Waals surface area contributed by atoms with Crippen LogP contribution in [0.3, 0.4) is 0 Å². The summed E-state index contributed by atoms with van der Waals surface area (Å²) >= 11 is 0. The smallest absolute Gasteiger partial charge is 0.429 e. The molecule has 0 radical (unpaired) electrons. The van der Waals surface area contributed by atoms with Gasteiger partial charge in [0, 0.05) is 5.41 Å². The Morgan fingerprint density at radius 2 is 1.88 bits per heavy atom. The van der Waals surface area contributed by atoms with E-state index in [1.54, 1.807) is 20.8 Å². The fourth-order valence-electron chi connectivity index (χ4n) is 2.15. The van der Waals surface area contributed by atoms with Gasteiger partial charge in [-0.1, -0.05) is 30.3 Å². The van der Waals surface area contributed by atoms with Gasteiger partial charge in [0.1, 0.15) is 11.7 Å². The van der Waals surface area contributed by atoms with Crippen LogP contribution in [0, 0.1) is 0 Å². The number of carbonyl (C=O) groups excluding carboxylic acids is 1. The van der Waals surface area contributed by atoms with Gasteiger partial charge in [-0.3, -0.25) is 0 Å². The van der Waals surface area contributed by atoms with Crippen molar-refractivity contribution >= 4 is 16.2 Å². The van der Waals surface area contributed by atoms with Crippen molar-refractivity contribution in [2.45, 2.75) is 45.1 Å². The monoisotopic (exact) mass is 369 g/mol. The molecule has 138 valence electrons. The van der Waals surface area contributed by atoms with Gasteiger partial charge >= 0.3 is 6.16 Å². The molecule has 1 aromatic carbocycles. The van der Waals surface area contributed by atoms with Crippen LogP contribution in [0.5, 0.6) is 0 Å². The van der Waals surface area contributed by atoms with Gasteiger partial charge in [0.05, 0.1) is 19.3 Å². The number of benzene rings is 1. The summed E-state index contributed by atoms with van der Waals surface area (Å²) in [4.78, 5) is 11.8. The average molecular weight is 369 g/mol. The van der Waals surface area contributed by atoms with Crippen LogP contribution < -0.4 is 4.72 Å². The molecule has 0 saturated carbocycles. The third-order valence-electron chi connectivity index (χ3n) is 3.19. The molecule has 0 amide bonds. The lowest BCUT2D eigenvalue weighted by Crippen LogP contribution is -2.49. The first-order valence-electron chi connectivity index (χ1n) is 7.86. The third kappa shape index (κ3) is 6.85. The second kappa shape index (κ2) is 7.99. The lowest BCUT2D eigenvalue weighted by atomic mass is 10.2. The van der Waals surface area contributed by atoms with Crippen LogP contribution in [0.4, 0.5) is 4.79 Å². The van der Waals surface area contributed by atoms with Crippen molar-refractivity contribution in [2.24, 2.45) is 0 Å². The normalized spacial score (nSPS) is 22.4. The molecule has 1 aromatic rings. The molecular formula is C17H23NO6S. The van der Waals surface area contributed by atoms with Crippen molar-refractivity contribution in [3.8, 4) is 0 Å². The van der Waals surface area contributed by atoms with Crippen molar-refractivity contribution in [1.82, 2.24) is 4.72 Å². The van der Waals surface area contributed by atoms with E-state index >= 15 is 0 Å². The molecule has 8 heteroatoms. The van der Waals surface area contributed by atoms with Crippen LogP contribution in [0.25, 0.3) is 0 Å². The van der Waals surface area contributed by atoms with E-state index in [4.69, 9.17) is 14.2 Å². The third-order valence-corrected chi connectivity index (χ3v) is 4.34. The van der Waals surface area contributed by atoms with Crippen LogP contribution in [0.1, 0.15) is 26.3 Å². The maximum absolute atomic E-state index is 11.8. The minimum atomic E-state index is -3.57. The quantitative estimate of drug-likeness (QED) is 0.801. The van der Waals surface area contributed by atoms with Crippen molar-refractivity contribution in [3.05, 3.63) is 47.4 Å². The van der Waals surface area contributed by atoms with Crippen LogP contribution in [0.2, 0.25) is 0 Å². The number of nitrogens with one attached hydrogen (secondary N) is 1. The Morgan fingerprint density at radius 3 is 2.52 bits per heavy atom. The highest BCUT2D eigenvalue weighted by Gasteiger charge is 2.32. The van der Waals surface area contributed by atoms with E-state index in [-0.39, 0.29) is 6.61 Å². The Kier molecular flexibility index (Phi) is 6.21. The van der Waals surface area contributed by atoms with Gasteiger partial charge in [0.15, 0.2) is 0 Å². The van der Waals surface area contributed by atoms with Crippen molar-refractivity contribution in [2.75, 3.05) is 6.61 Å². The Bertz CT molecular complexity index is 708. The summed E-state index contributed by atoms with van der Waals surface area (Å²) in [7, 11) is -3.57. The van der Waals surface area contributed by atoms with Crippen molar-refractivity contribution in [3.63, 3.8) is 0 Å². The molecule has 0 spiro atoms. The lowest BCUT2D eigenvalue weighted by Gasteiger charge is -2.29. The average Bonchev–Trinajstić information content (AvgIpc) is 2.49. The number of rotatable bonds is 5.